The molecule has 148 valence electrons. The minimum Gasteiger partial charge on any atom is -0.454 e. The molecule has 2 aromatic carbocycles. The van der Waals surface area contributed by atoms with Crippen LogP contribution in [0.5, 0.6) is 11.5 Å². The third-order valence-corrected chi connectivity index (χ3v) is 5.82. The summed E-state index contributed by atoms with van der Waals surface area (Å²) in [7, 11) is 0. The van der Waals surface area contributed by atoms with Crippen molar-refractivity contribution in [3.8, 4) is 29.4 Å². The van der Waals surface area contributed by atoms with Crippen LogP contribution in [0.3, 0.4) is 0 Å². The van der Waals surface area contributed by atoms with Gasteiger partial charge in [0.05, 0.1) is 18.7 Å². The summed E-state index contributed by atoms with van der Waals surface area (Å²) in [4.78, 5) is 2.08. The third kappa shape index (κ3) is 3.93. The normalized spacial score (nSPS) is 23.3. The SMILES string of the molecule is C[C@@H](c1ccccc1)N(CC#N)[C@H]1CCC[C@]1(O)C#Cc1ccc2c(c1)OCO2. The Morgan fingerprint density at radius 1 is 1.21 bits per heavy atom. The van der Waals surface area contributed by atoms with Gasteiger partial charge >= 0.3 is 0 Å². The Labute approximate surface area is 171 Å². The summed E-state index contributed by atoms with van der Waals surface area (Å²) in [6, 6.07) is 17.7. The van der Waals surface area contributed by atoms with Crippen LogP contribution in [0.4, 0.5) is 0 Å². The standard InChI is InChI=1S/C24H24N2O3/c1-18(20-6-3-2-4-7-20)26(15-14-25)23-8-5-12-24(23,27)13-11-19-9-10-21-22(16-19)29-17-28-21/h2-4,6-7,9-10,16,18,23,27H,5,8,12,15,17H2,1H3/t18-,23-,24-/m0/s1. The highest BCUT2D eigenvalue weighted by atomic mass is 16.7. The number of aliphatic hydroxyl groups is 1. The molecule has 1 N–H and O–H groups in total. The number of fused-ring (bicyclic) bond motifs is 1. The molecular weight excluding hydrogens is 364 g/mol. The summed E-state index contributed by atoms with van der Waals surface area (Å²) < 4.78 is 10.7. The van der Waals surface area contributed by atoms with Gasteiger partial charge in [0.15, 0.2) is 11.5 Å². The number of rotatable bonds is 4. The lowest BCUT2D eigenvalue weighted by molar-refractivity contribution is 0.00738. The first-order valence-electron chi connectivity index (χ1n) is 9.93. The van der Waals surface area contributed by atoms with Crippen molar-refractivity contribution in [2.24, 2.45) is 0 Å². The molecule has 1 aliphatic heterocycles. The van der Waals surface area contributed by atoms with Crippen LogP contribution in [0.25, 0.3) is 0 Å². The molecule has 0 bridgehead atoms. The molecule has 0 aromatic heterocycles. The van der Waals surface area contributed by atoms with Gasteiger partial charge in [-0.25, -0.2) is 0 Å². The van der Waals surface area contributed by atoms with E-state index in [1.165, 1.54) is 0 Å². The molecule has 1 fully saturated rings. The van der Waals surface area contributed by atoms with Gasteiger partial charge in [0.1, 0.15) is 5.60 Å². The molecule has 2 aliphatic rings. The lowest BCUT2D eigenvalue weighted by atomic mass is 9.93. The van der Waals surface area contributed by atoms with E-state index in [1.807, 2.05) is 36.4 Å². The lowest BCUT2D eigenvalue weighted by Gasteiger charge is -2.38. The molecule has 4 rings (SSSR count). The Balaban J connectivity index is 1.60. The van der Waals surface area contributed by atoms with E-state index in [2.05, 4.69) is 41.9 Å². The Morgan fingerprint density at radius 3 is 2.79 bits per heavy atom. The van der Waals surface area contributed by atoms with Crippen molar-refractivity contribution >= 4 is 0 Å². The van der Waals surface area contributed by atoms with Gasteiger partial charge in [-0.05, 0) is 49.9 Å². The van der Waals surface area contributed by atoms with Gasteiger partial charge in [0.2, 0.25) is 6.79 Å². The van der Waals surface area contributed by atoms with Crippen LogP contribution in [0.15, 0.2) is 48.5 Å². The molecular formula is C24H24N2O3. The number of benzene rings is 2. The van der Waals surface area contributed by atoms with E-state index < -0.39 is 5.60 Å². The monoisotopic (exact) mass is 388 g/mol. The van der Waals surface area contributed by atoms with E-state index in [4.69, 9.17) is 9.47 Å². The molecule has 5 nitrogen and oxygen atoms in total. The lowest BCUT2D eigenvalue weighted by Crippen LogP contribution is -2.49. The average Bonchev–Trinajstić information content (AvgIpc) is 3.37. The fourth-order valence-electron chi connectivity index (χ4n) is 4.23. The summed E-state index contributed by atoms with van der Waals surface area (Å²) in [6.07, 6.45) is 2.28. The van der Waals surface area contributed by atoms with Crippen molar-refractivity contribution in [1.29, 1.82) is 5.26 Å². The van der Waals surface area contributed by atoms with Crippen molar-refractivity contribution < 1.29 is 14.6 Å². The second-order valence-corrected chi connectivity index (χ2v) is 7.57. The van der Waals surface area contributed by atoms with Crippen LogP contribution in [0, 0.1) is 23.2 Å². The van der Waals surface area contributed by atoms with Crippen molar-refractivity contribution in [2.75, 3.05) is 13.3 Å². The van der Waals surface area contributed by atoms with Crippen LogP contribution in [-0.4, -0.2) is 35.0 Å². The quantitative estimate of drug-likeness (QED) is 0.640. The Morgan fingerprint density at radius 2 is 2.00 bits per heavy atom. The zero-order valence-corrected chi connectivity index (χ0v) is 16.5. The predicted molar refractivity (Wildman–Crippen MR) is 109 cm³/mol. The number of ether oxygens (including phenoxy) is 2. The van der Waals surface area contributed by atoms with E-state index in [0.29, 0.717) is 17.9 Å². The molecule has 1 saturated carbocycles. The van der Waals surface area contributed by atoms with Gasteiger partial charge in [0, 0.05) is 11.6 Å². The van der Waals surface area contributed by atoms with Gasteiger partial charge in [-0.2, -0.15) is 5.26 Å². The number of nitrogens with zero attached hydrogens (tertiary/aromatic N) is 2. The van der Waals surface area contributed by atoms with Gasteiger partial charge in [-0.15, -0.1) is 0 Å². The molecule has 2 aromatic rings. The highest BCUT2D eigenvalue weighted by Crippen LogP contribution is 2.38. The van der Waals surface area contributed by atoms with Crippen LogP contribution in [-0.2, 0) is 0 Å². The first kappa shape index (κ1) is 19.3. The molecule has 3 atom stereocenters. The fraction of sp³-hybridized carbons (Fsp3) is 0.375. The van der Waals surface area contributed by atoms with Gasteiger partial charge in [0.25, 0.3) is 0 Å². The highest BCUT2D eigenvalue weighted by molar-refractivity contribution is 5.50. The van der Waals surface area contributed by atoms with Gasteiger partial charge in [-0.1, -0.05) is 42.2 Å². The second-order valence-electron chi connectivity index (χ2n) is 7.57. The van der Waals surface area contributed by atoms with E-state index in [-0.39, 0.29) is 25.4 Å². The van der Waals surface area contributed by atoms with E-state index in [9.17, 15) is 10.4 Å². The first-order chi connectivity index (χ1) is 14.1. The van der Waals surface area contributed by atoms with Crippen LogP contribution < -0.4 is 9.47 Å². The minimum absolute atomic E-state index is 0.0119. The summed E-state index contributed by atoms with van der Waals surface area (Å²) in [5, 5.41) is 20.8. The first-order valence-corrected chi connectivity index (χ1v) is 9.93. The predicted octanol–water partition coefficient (Wildman–Crippen LogP) is 3.64. The topological polar surface area (TPSA) is 65.7 Å². The van der Waals surface area contributed by atoms with Gasteiger partial charge in [-0.3, -0.25) is 4.90 Å². The highest BCUT2D eigenvalue weighted by Gasteiger charge is 2.44. The summed E-state index contributed by atoms with van der Waals surface area (Å²) in [6.45, 7) is 2.55. The fourth-order valence-corrected chi connectivity index (χ4v) is 4.23. The molecule has 1 heterocycles. The van der Waals surface area contributed by atoms with E-state index in [1.54, 1.807) is 0 Å². The Bertz CT molecular complexity index is 973. The maximum absolute atomic E-state index is 11.4. The molecule has 29 heavy (non-hydrogen) atoms. The molecule has 0 unspecified atom stereocenters. The smallest absolute Gasteiger partial charge is 0.231 e. The van der Waals surface area contributed by atoms with Crippen LogP contribution >= 0.6 is 0 Å². The number of hydrogen-bond acceptors (Lipinski definition) is 5. The molecule has 1 aliphatic carbocycles. The number of hydrogen-bond donors (Lipinski definition) is 1. The summed E-state index contributed by atoms with van der Waals surface area (Å²) in [5.41, 5.74) is 0.744. The van der Waals surface area contributed by atoms with Crippen molar-refractivity contribution in [3.05, 3.63) is 59.7 Å². The molecule has 0 amide bonds. The van der Waals surface area contributed by atoms with Crippen molar-refractivity contribution in [2.45, 2.75) is 43.9 Å². The molecule has 0 saturated heterocycles. The third-order valence-electron chi connectivity index (χ3n) is 5.82. The second kappa shape index (κ2) is 8.17. The van der Waals surface area contributed by atoms with E-state index in [0.717, 1.165) is 24.0 Å². The zero-order chi connectivity index (χ0) is 20.3. The average molecular weight is 388 g/mol. The Kier molecular flexibility index (Phi) is 5.45. The minimum atomic E-state index is -1.16. The Hall–Kier alpha value is -2.99. The maximum atomic E-state index is 11.4. The molecule has 5 heteroatoms. The van der Waals surface area contributed by atoms with Crippen molar-refractivity contribution in [3.63, 3.8) is 0 Å². The van der Waals surface area contributed by atoms with Crippen LogP contribution in [0.2, 0.25) is 0 Å². The van der Waals surface area contributed by atoms with Crippen LogP contribution in [0.1, 0.15) is 43.4 Å². The summed E-state index contributed by atoms with van der Waals surface area (Å²) >= 11 is 0. The molecule has 0 radical (unpaired) electrons. The number of nitriles is 1. The summed E-state index contributed by atoms with van der Waals surface area (Å²) in [5.74, 6) is 7.63. The maximum Gasteiger partial charge on any atom is 0.231 e. The van der Waals surface area contributed by atoms with Crippen molar-refractivity contribution in [1.82, 2.24) is 4.90 Å². The van der Waals surface area contributed by atoms with E-state index >= 15 is 0 Å². The molecule has 0 spiro atoms. The zero-order valence-electron chi connectivity index (χ0n) is 16.5. The van der Waals surface area contributed by atoms with Gasteiger partial charge < -0.3 is 14.6 Å². The largest absolute Gasteiger partial charge is 0.454 e.